The second kappa shape index (κ2) is 6.39. The van der Waals surface area contributed by atoms with Gasteiger partial charge in [-0.2, -0.15) is 11.8 Å². The monoisotopic (exact) mass is 254 g/mol. The summed E-state index contributed by atoms with van der Waals surface area (Å²) in [6, 6.07) is 5.06. The third kappa shape index (κ3) is 3.85. The summed E-state index contributed by atoms with van der Waals surface area (Å²) in [5.74, 6) is -0.00354. The molecule has 0 saturated carbocycles. The van der Waals surface area contributed by atoms with E-state index in [9.17, 15) is 4.79 Å². The number of nitrogen functional groups attached to an aromatic ring is 1. The van der Waals surface area contributed by atoms with E-state index in [4.69, 9.17) is 10.8 Å². The van der Waals surface area contributed by atoms with Crippen molar-refractivity contribution in [1.29, 1.82) is 0 Å². The maximum Gasteiger partial charge on any atom is 0.337 e. The van der Waals surface area contributed by atoms with E-state index in [1.54, 1.807) is 23.9 Å². The lowest BCUT2D eigenvalue weighted by Gasteiger charge is -2.19. The van der Waals surface area contributed by atoms with Crippen LogP contribution in [0.2, 0.25) is 0 Å². The molecule has 1 atom stereocenters. The minimum Gasteiger partial charge on any atom is -0.478 e. The Morgan fingerprint density at radius 3 is 2.82 bits per heavy atom. The summed E-state index contributed by atoms with van der Waals surface area (Å²) in [5, 5.41) is 12.3. The van der Waals surface area contributed by atoms with Gasteiger partial charge in [0.2, 0.25) is 0 Å². The number of benzene rings is 1. The van der Waals surface area contributed by atoms with Crippen molar-refractivity contribution in [3.05, 3.63) is 23.8 Å². The van der Waals surface area contributed by atoms with Crippen LogP contribution in [0.5, 0.6) is 0 Å². The van der Waals surface area contributed by atoms with Crippen LogP contribution in [0.15, 0.2) is 18.2 Å². The normalized spacial score (nSPS) is 12.1. The highest BCUT2D eigenvalue weighted by atomic mass is 32.2. The van der Waals surface area contributed by atoms with Crippen LogP contribution in [-0.2, 0) is 0 Å². The van der Waals surface area contributed by atoms with Crippen molar-refractivity contribution in [3.8, 4) is 0 Å². The van der Waals surface area contributed by atoms with E-state index in [0.717, 1.165) is 12.2 Å². The number of anilines is 2. The van der Waals surface area contributed by atoms with Gasteiger partial charge >= 0.3 is 5.97 Å². The van der Waals surface area contributed by atoms with E-state index in [-0.39, 0.29) is 11.6 Å². The molecule has 0 aliphatic carbocycles. The van der Waals surface area contributed by atoms with Gasteiger partial charge in [0.15, 0.2) is 0 Å². The van der Waals surface area contributed by atoms with Crippen LogP contribution in [0.1, 0.15) is 23.7 Å². The van der Waals surface area contributed by atoms with Gasteiger partial charge in [-0.3, -0.25) is 0 Å². The molecule has 1 unspecified atom stereocenters. The molecule has 0 spiro atoms. The van der Waals surface area contributed by atoms with E-state index >= 15 is 0 Å². The van der Waals surface area contributed by atoms with Gasteiger partial charge in [0.25, 0.3) is 0 Å². The topological polar surface area (TPSA) is 75.3 Å². The summed E-state index contributed by atoms with van der Waals surface area (Å²) in [5.41, 5.74) is 7.11. The Labute approximate surface area is 106 Å². The highest BCUT2D eigenvalue weighted by Crippen LogP contribution is 2.21. The van der Waals surface area contributed by atoms with E-state index in [1.807, 2.05) is 6.26 Å². The Balaban J connectivity index is 2.94. The predicted octanol–water partition coefficient (Wildman–Crippen LogP) is 2.52. The van der Waals surface area contributed by atoms with Crippen LogP contribution in [0.25, 0.3) is 0 Å². The van der Waals surface area contributed by atoms with E-state index in [0.29, 0.717) is 11.4 Å². The number of carbonyl (C=O) groups is 1. The van der Waals surface area contributed by atoms with Crippen molar-refractivity contribution < 1.29 is 9.90 Å². The molecule has 1 rings (SSSR count). The average molecular weight is 254 g/mol. The third-order valence-electron chi connectivity index (χ3n) is 2.49. The molecule has 4 nitrogen and oxygen atoms in total. The number of aromatic carboxylic acids is 1. The zero-order valence-corrected chi connectivity index (χ0v) is 10.9. The van der Waals surface area contributed by atoms with Crippen molar-refractivity contribution in [2.75, 3.05) is 23.1 Å². The van der Waals surface area contributed by atoms with Crippen molar-refractivity contribution in [2.45, 2.75) is 19.4 Å². The fourth-order valence-electron chi connectivity index (χ4n) is 1.55. The molecule has 0 heterocycles. The fourth-order valence-corrected chi connectivity index (χ4v) is 2.27. The summed E-state index contributed by atoms with van der Waals surface area (Å²) in [6.45, 7) is 2.07. The third-order valence-corrected chi connectivity index (χ3v) is 3.23. The molecule has 5 heteroatoms. The molecule has 0 saturated heterocycles. The van der Waals surface area contributed by atoms with Gasteiger partial charge < -0.3 is 16.2 Å². The molecule has 0 radical (unpaired) electrons. The molecule has 1 aromatic carbocycles. The molecule has 0 bridgehead atoms. The van der Waals surface area contributed by atoms with E-state index in [1.165, 1.54) is 6.07 Å². The number of thioether (sulfide) groups is 1. The highest BCUT2D eigenvalue weighted by molar-refractivity contribution is 7.98. The first-order valence-electron chi connectivity index (χ1n) is 5.46. The molecular weight excluding hydrogens is 236 g/mol. The Kier molecular flexibility index (Phi) is 5.15. The van der Waals surface area contributed by atoms with Crippen LogP contribution >= 0.6 is 11.8 Å². The molecular formula is C12H18N2O2S. The molecule has 94 valence electrons. The van der Waals surface area contributed by atoms with Crippen LogP contribution < -0.4 is 11.1 Å². The van der Waals surface area contributed by atoms with E-state index in [2.05, 4.69) is 12.2 Å². The first kappa shape index (κ1) is 13.7. The number of carboxylic acids is 1. The molecule has 0 aromatic heterocycles. The highest BCUT2D eigenvalue weighted by Gasteiger charge is 2.13. The van der Waals surface area contributed by atoms with Crippen molar-refractivity contribution in [2.24, 2.45) is 0 Å². The predicted molar refractivity (Wildman–Crippen MR) is 73.9 cm³/mol. The van der Waals surface area contributed by atoms with Gasteiger partial charge in [-0.1, -0.05) is 6.92 Å². The lowest BCUT2D eigenvalue weighted by Crippen LogP contribution is -2.22. The number of nitrogens with two attached hydrogens (primary N) is 1. The minimum atomic E-state index is -0.938. The minimum absolute atomic E-state index is 0.255. The van der Waals surface area contributed by atoms with Gasteiger partial charge in [-0.15, -0.1) is 0 Å². The SMILES string of the molecule is CCC(CSC)Nc1cc(N)ccc1C(=O)O. The second-order valence-corrected chi connectivity index (χ2v) is 4.73. The Hall–Kier alpha value is -1.36. The average Bonchev–Trinajstić information content (AvgIpc) is 2.28. The Bertz CT molecular complexity index is 396. The number of rotatable bonds is 6. The summed E-state index contributed by atoms with van der Waals surface area (Å²) in [6.07, 6.45) is 2.97. The van der Waals surface area contributed by atoms with Crippen molar-refractivity contribution in [3.63, 3.8) is 0 Å². The largest absolute Gasteiger partial charge is 0.478 e. The second-order valence-electron chi connectivity index (χ2n) is 3.82. The lowest BCUT2D eigenvalue weighted by atomic mass is 10.1. The summed E-state index contributed by atoms with van der Waals surface area (Å²) in [4.78, 5) is 11.1. The number of hydrogen-bond donors (Lipinski definition) is 3. The van der Waals surface area contributed by atoms with Crippen LogP contribution in [0.4, 0.5) is 11.4 Å². The molecule has 17 heavy (non-hydrogen) atoms. The number of nitrogens with one attached hydrogen (secondary N) is 1. The van der Waals surface area contributed by atoms with Crippen LogP contribution in [0.3, 0.4) is 0 Å². The van der Waals surface area contributed by atoms with Gasteiger partial charge in [-0.05, 0) is 30.9 Å². The zero-order chi connectivity index (χ0) is 12.8. The molecule has 0 amide bonds. The van der Waals surface area contributed by atoms with Crippen molar-refractivity contribution >= 4 is 29.1 Å². The maximum absolute atomic E-state index is 11.1. The van der Waals surface area contributed by atoms with Gasteiger partial charge in [-0.25, -0.2) is 4.79 Å². The smallest absolute Gasteiger partial charge is 0.337 e. The first-order valence-corrected chi connectivity index (χ1v) is 6.86. The molecule has 1 aromatic rings. The quantitative estimate of drug-likeness (QED) is 0.680. The molecule has 0 aliphatic heterocycles. The van der Waals surface area contributed by atoms with Gasteiger partial charge in [0.1, 0.15) is 0 Å². The fraction of sp³-hybridized carbons (Fsp3) is 0.417. The zero-order valence-electron chi connectivity index (χ0n) is 10.1. The van der Waals surface area contributed by atoms with Gasteiger partial charge in [0, 0.05) is 17.5 Å². The Morgan fingerprint density at radius 2 is 2.29 bits per heavy atom. The summed E-state index contributed by atoms with van der Waals surface area (Å²) in [7, 11) is 0. The number of carboxylic acid groups (broad SMARTS) is 1. The van der Waals surface area contributed by atoms with Crippen LogP contribution in [0, 0.1) is 0 Å². The first-order chi connectivity index (χ1) is 8.08. The molecule has 4 N–H and O–H groups in total. The number of hydrogen-bond acceptors (Lipinski definition) is 4. The molecule has 0 fully saturated rings. The Morgan fingerprint density at radius 1 is 1.59 bits per heavy atom. The lowest BCUT2D eigenvalue weighted by molar-refractivity contribution is 0.0698. The summed E-state index contributed by atoms with van der Waals surface area (Å²) >= 11 is 1.73. The summed E-state index contributed by atoms with van der Waals surface area (Å²) < 4.78 is 0. The van der Waals surface area contributed by atoms with E-state index < -0.39 is 5.97 Å². The van der Waals surface area contributed by atoms with Crippen LogP contribution in [-0.4, -0.2) is 29.1 Å². The van der Waals surface area contributed by atoms with Gasteiger partial charge in [0.05, 0.1) is 11.3 Å². The molecule has 0 aliphatic rings. The standard InChI is InChI=1S/C12H18N2O2S/c1-3-9(7-17-2)14-11-6-8(13)4-5-10(11)12(15)16/h4-6,9,14H,3,7,13H2,1-2H3,(H,15,16). The van der Waals surface area contributed by atoms with Crippen molar-refractivity contribution in [1.82, 2.24) is 0 Å². The maximum atomic E-state index is 11.1.